The molecular formula is C15H12BrIO3. The summed E-state index contributed by atoms with van der Waals surface area (Å²) in [5.74, 6) is 0.418. The lowest BCUT2D eigenvalue weighted by Crippen LogP contribution is -2.12. The molecular weight excluding hydrogens is 435 g/mol. The number of hydrogen-bond acceptors (Lipinski definition) is 3. The zero-order valence-electron chi connectivity index (χ0n) is 10.5. The second-order valence-electron chi connectivity index (χ2n) is 3.95. The van der Waals surface area contributed by atoms with Crippen molar-refractivity contribution in [3.8, 4) is 5.75 Å². The molecule has 0 aliphatic rings. The quantitative estimate of drug-likeness (QED) is 0.390. The normalized spacial score (nSPS) is 10.1. The summed E-state index contributed by atoms with van der Waals surface area (Å²) in [6.07, 6.45) is 0. The van der Waals surface area contributed by atoms with Gasteiger partial charge in [0.25, 0.3) is 0 Å². The van der Waals surface area contributed by atoms with Gasteiger partial charge in [-0.3, -0.25) is 0 Å². The topological polar surface area (TPSA) is 35.5 Å². The zero-order chi connectivity index (χ0) is 14.4. The maximum absolute atomic E-state index is 11.8. The van der Waals surface area contributed by atoms with Gasteiger partial charge < -0.3 is 9.47 Å². The molecule has 0 N–H and O–H groups in total. The Morgan fingerprint density at radius 1 is 1.10 bits per heavy atom. The summed E-state index contributed by atoms with van der Waals surface area (Å²) in [5, 5.41) is 0. The third kappa shape index (κ3) is 4.79. The van der Waals surface area contributed by atoms with Gasteiger partial charge in [-0.15, -0.1) is 0 Å². The molecule has 2 rings (SSSR count). The summed E-state index contributed by atoms with van der Waals surface area (Å²) in [7, 11) is 0. The van der Waals surface area contributed by atoms with E-state index in [4.69, 9.17) is 9.47 Å². The van der Waals surface area contributed by atoms with Crippen LogP contribution < -0.4 is 4.74 Å². The molecule has 0 radical (unpaired) electrons. The molecule has 0 aliphatic carbocycles. The minimum atomic E-state index is -0.331. The first-order valence-corrected chi connectivity index (χ1v) is 7.83. The van der Waals surface area contributed by atoms with Crippen molar-refractivity contribution in [2.45, 2.75) is 0 Å². The molecule has 0 heterocycles. The lowest BCUT2D eigenvalue weighted by atomic mass is 10.2. The van der Waals surface area contributed by atoms with Crippen LogP contribution in [0.4, 0.5) is 0 Å². The van der Waals surface area contributed by atoms with Crippen LogP contribution >= 0.6 is 38.5 Å². The van der Waals surface area contributed by atoms with E-state index in [1.165, 1.54) is 0 Å². The van der Waals surface area contributed by atoms with Gasteiger partial charge in [0.15, 0.2) is 0 Å². The first-order chi connectivity index (χ1) is 9.65. The Bertz CT molecular complexity index is 584. The highest BCUT2D eigenvalue weighted by Crippen LogP contribution is 2.16. The highest BCUT2D eigenvalue weighted by atomic mass is 127. The molecule has 2 aromatic rings. The predicted molar refractivity (Wildman–Crippen MR) is 89.1 cm³/mol. The number of carbonyl (C=O) groups excluding carboxylic acids is 1. The fourth-order valence-corrected chi connectivity index (χ4v) is 2.33. The van der Waals surface area contributed by atoms with Crippen LogP contribution in [0.25, 0.3) is 0 Å². The number of carbonyl (C=O) groups is 1. The summed E-state index contributed by atoms with van der Waals surface area (Å²) in [6, 6.07) is 14.8. The van der Waals surface area contributed by atoms with E-state index in [-0.39, 0.29) is 12.6 Å². The molecule has 0 atom stereocenters. The second kappa shape index (κ2) is 7.64. The standard InChI is InChI=1S/C15H12BrIO3/c16-12-4-6-14(7-5-12)19-8-9-20-15(18)11-2-1-3-13(17)10-11/h1-7,10H,8-9H2. The van der Waals surface area contributed by atoms with Crippen LogP contribution in [0.2, 0.25) is 0 Å². The van der Waals surface area contributed by atoms with Crippen LogP contribution in [0, 0.1) is 3.57 Å². The van der Waals surface area contributed by atoms with Crippen LogP contribution in [0.5, 0.6) is 5.75 Å². The Labute approximate surface area is 139 Å². The van der Waals surface area contributed by atoms with E-state index in [1.54, 1.807) is 12.1 Å². The van der Waals surface area contributed by atoms with Gasteiger partial charge in [0.05, 0.1) is 5.56 Å². The molecule has 0 unspecified atom stereocenters. The molecule has 0 amide bonds. The van der Waals surface area contributed by atoms with Gasteiger partial charge >= 0.3 is 5.97 Å². The summed E-state index contributed by atoms with van der Waals surface area (Å²) in [5.41, 5.74) is 0.556. The van der Waals surface area contributed by atoms with Crippen molar-refractivity contribution in [1.29, 1.82) is 0 Å². The molecule has 0 fully saturated rings. The summed E-state index contributed by atoms with van der Waals surface area (Å²) in [4.78, 5) is 11.8. The first-order valence-electron chi connectivity index (χ1n) is 5.96. The molecule has 0 bridgehead atoms. The number of esters is 1. The molecule has 0 saturated heterocycles. The van der Waals surface area contributed by atoms with Crippen molar-refractivity contribution >= 4 is 44.5 Å². The largest absolute Gasteiger partial charge is 0.490 e. The van der Waals surface area contributed by atoms with Crippen molar-refractivity contribution in [2.24, 2.45) is 0 Å². The average Bonchev–Trinajstić information content (AvgIpc) is 2.45. The van der Waals surface area contributed by atoms with E-state index in [0.29, 0.717) is 12.2 Å². The van der Waals surface area contributed by atoms with Crippen molar-refractivity contribution < 1.29 is 14.3 Å². The average molecular weight is 447 g/mol. The van der Waals surface area contributed by atoms with Gasteiger partial charge in [-0.25, -0.2) is 4.79 Å². The van der Waals surface area contributed by atoms with E-state index >= 15 is 0 Å². The first kappa shape index (κ1) is 15.3. The van der Waals surface area contributed by atoms with Crippen LogP contribution in [0.1, 0.15) is 10.4 Å². The number of ether oxygens (including phenoxy) is 2. The van der Waals surface area contributed by atoms with Crippen LogP contribution in [0.15, 0.2) is 53.0 Å². The lowest BCUT2D eigenvalue weighted by Gasteiger charge is -2.07. The van der Waals surface area contributed by atoms with Gasteiger partial charge in [0.2, 0.25) is 0 Å². The van der Waals surface area contributed by atoms with E-state index in [9.17, 15) is 4.79 Å². The molecule has 0 aromatic heterocycles. The van der Waals surface area contributed by atoms with E-state index in [2.05, 4.69) is 38.5 Å². The molecule has 0 spiro atoms. The van der Waals surface area contributed by atoms with Crippen molar-refractivity contribution in [2.75, 3.05) is 13.2 Å². The lowest BCUT2D eigenvalue weighted by molar-refractivity contribution is 0.0450. The predicted octanol–water partition coefficient (Wildman–Crippen LogP) is 4.29. The van der Waals surface area contributed by atoms with Crippen LogP contribution in [0.3, 0.4) is 0 Å². The van der Waals surface area contributed by atoms with Crippen molar-refractivity contribution in [3.63, 3.8) is 0 Å². The van der Waals surface area contributed by atoms with Crippen LogP contribution in [-0.4, -0.2) is 19.2 Å². The molecule has 3 nitrogen and oxygen atoms in total. The van der Waals surface area contributed by atoms with Crippen LogP contribution in [-0.2, 0) is 4.74 Å². The molecule has 2 aromatic carbocycles. The number of halogens is 2. The van der Waals surface area contributed by atoms with Gasteiger partial charge in [0.1, 0.15) is 19.0 Å². The van der Waals surface area contributed by atoms with Gasteiger partial charge in [-0.05, 0) is 65.1 Å². The Hall–Kier alpha value is -1.08. The fourth-order valence-electron chi connectivity index (χ4n) is 1.52. The minimum Gasteiger partial charge on any atom is -0.490 e. The summed E-state index contributed by atoms with van der Waals surface area (Å²) < 4.78 is 12.6. The van der Waals surface area contributed by atoms with Gasteiger partial charge in [-0.2, -0.15) is 0 Å². The van der Waals surface area contributed by atoms with Gasteiger partial charge in [0, 0.05) is 8.04 Å². The monoisotopic (exact) mass is 446 g/mol. The Morgan fingerprint density at radius 2 is 1.85 bits per heavy atom. The highest BCUT2D eigenvalue weighted by Gasteiger charge is 2.06. The third-order valence-electron chi connectivity index (χ3n) is 2.46. The molecule has 5 heteroatoms. The third-order valence-corrected chi connectivity index (χ3v) is 3.66. The van der Waals surface area contributed by atoms with Crippen molar-refractivity contribution in [3.05, 3.63) is 62.1 Å². The van der Waals surface area contributed by atoms with E-state index in [0.717, 1.165) is 13.8 Å². The number of hydrogen-bond donors (Lipinski definition) is 0. The Morgan fingerprint density at radius 3 is 2.55 bits per heavy atom. The number of rotatable bonds is 5. The SMILES string of the molecule is O=C(OCCOc1ccc(Br)cc1)c1cccc(I)c1. The molecule has 20 heavy (non-hydrogen) atoms. The zero-order valence-corrected chi connectivity index (χ0v) is 14.3. The van der Waals surface area contributed by atoms with Crippen molar-refractivity contribution in [1.82, 2.24) is 0 Å². The smallest absolute Gasteiger partial charge is 0.338 e. The molecule has 0 saturated carbocycles. The van der Waals surface area contributed by atoms with Gasteiger partial charge in [-0.1, -0.05) is 22.0 Å². The highest BCUT2D eigenvalue weighted by molar-refractivity contribution is 14.1. The Balaban J connectivity index is 1.76. The summed E-state index contributed by atoms with van der Waals surface area (Å²) >= 11 is 5.51. The number of benzene rings is 2. The summed E-state index contributed by atoms with van der Waals surface area (Å²) in [6.45, 7) is 0.553. The fraction of sp³-hybridized carbons (Fsp3) is 0.133. The second-order valence-corrected chi connectivity index (χ2v) is 6.11. The molecule has 0 aliphatic heterocycles. The maximum atomic E-state index is 11.8. The van der Waals surface area contributed by atoms with E-state index < -0.39 is 0 Å². The Kier molecular flexibility index (Phi) is 5.85. The van der Waals surface area contributed by atoms with E-state index in [1.807, 2.05) is 36.4 Å². The minimum absolute atomic E-state index is 0.223. The maximum Gasteiger partial charge on any atom is 0.338 e. The molecule has 104 valence electrons.